The van der Waals surface area contributed by atoms with Crippen molar-refractivity contribution in [3.05, 3.63) is 71.8 Å². The lowest BCUT2D eigenvalue weighted by atomic mass is 10.0. The fourth-order valence-electron chi connectivity index (χ4n) is 2.46. The van der Waals surface area contributed by atoms with Gasteiger partial charge in [0.1, 0.15) is 12.6 Å². The molecule has 2 aromatic rings. The standard InChI is InChI=1S/C22H28N2O3/c1-16(2)17(3)23-21(25)20(14-18-10-6-4-7-11-18)24-22(26)27-15-19-12-8-5-9-13-19/h4-13,16-17,20H,14-15H2,1-3H3,(H,23,25)(H,24,26)/t17?,20-/m0/s1. The van der Waals surface area contributed by atoms with E-state index >= 15 is 0 Å². The summed E-state index contributed by atoms with van der Waals surface area (Å²) < 4.78 is 5.27. The molecule has 0 aliphatic rings. The molecule has 0 fully saturated rings. The zero-order valence-corrected chi connectivity index (χ0v) is 16.1. The van der Waals surface area contributed by atoms with E-state index in [1.165, 1.54) is 0 Å². The Hall–Kier alpha value is -2.82. The van der Waals surface area contributed by atoms with Crippen molar-refractivity contribution in [3.8, 4) is 0 Å². The Morgan fingerprint density at radius 2 is 1.41 bits per heavy atom. The van der Waals surface area contributed by atoms with Crippen LogP contribution in [0.4, 0.5) is 4.79 Å². The molecule has 0 aliphatic heterocycles. The molecule has 2 rings (SSSR count). The second kappa shape index (κ2) is 10.4. The van der Waals surface area contributed by atoms with Crippen molar-refractivity contribution < 1.29 is 14.3 Å². The molecule has 0 radical (unpaired) electrons. The van der Waals surface area contributed by atoms with E-state index < -0.39 is 12.1 Å². The van der Waals surface area contributed by atoms with Crippen LogP contribution in [0, 0.1) is 5.92 Å². The molecule has 5 nitrogen and oxygen atoms in total. The van der Waals surface area contributed by atoms with Crippen LogP contribution >= 0.6 is 0 Å². The lowest BCUT2D eigenvalue weighted by Crippen LogP contribution is -2.51. The molecule has 0 bridgehead atoms. The molecule has 2 aromatic carbocycles. The number of rotatable bonds is 8. The van der Waals surface area contributed by atoms with E-state index in [0.717, 1.165) is 11.1 Å². The maximum atomic E-state index is 12.7. The summed E-state index contributed by atoms with van der Waals surface area (Å²) >= 11 is 0. The van der Waals surface area contributed by atoms with Gasteiger partial charge in [0.2, 0.25) is 5.91 Å². The predicted molar refractivity (Wildman–Crippen MR) is 106 cm³/mol. The van der Waals surface area contributed by atoms with Gasteiger partial charge in [-0.3, -0.25) is 4.79 Å². The molecule has 2 amide bonds. The van der Waals surface area contributed by atoms with Gasteiger partial charge in [-0.1, -0.05) is 74.5 Å². The highest BCUT2D eigenvalue weighted by atomic mass is 16.5. The third kappa shape index (κ3) is 7.13. The summed E-state index contributed by atoms with van der Waals surface area (Å²) in [4.78, 5) is 24.9. The van der Waals surface area contributed by atoms with E-state index in [4.69, 9.17) is 4.74 Å². The minimum Gasteiger partial charge on any atom is -0.445 e. The number of hydrogen-bond acceptors (Lipinski definition) is 3. The van der Waals surface area contributed by atoms with Crippen LogP contribution in [-0.2, 0) is 22.6 Å². The number of alkyl carbamates (subject to hydrolysis) is 1. The second-order valence-electron chi connectivity index (χ2n) is 6.99. The molecule has 0 spiro atoms. The maximum absolute atomic E-state index is 12.7. The van der Waals surface area contributed by atoms with E-state index in [1.54, 1.807) is 0 Å². The average Bonchev–Trinajstić information content (AvgIpc) is 2.67. The first kappa shape index (κ1) is 20.5. The summed E-state index contributed by atoms with van der Waals surface area (Å²) in [5, 5.41) is 5.68. The number of hydrogen-bond donors (Lipinski definition) is 2. The van der Waals surface area contributed by atoms with Crippen molar-refractivity contribution in [1.82, 2.24) is 10.6 Å². The highest BCUT2D eigenvalue weighted by Crippen LogP contribution is 2.07. The molecule has 144 valence electrons. The van der Waals surface area contributed by atoms with Gasteiger partial charge in [0.15, 0.2) is 0 Å². The number of carbonyl (C=O) groups excluding carboxylic acids is 2. The van der Waals surface area contributed by atoms with Gasteiger partial charge in [0.05, 0.1) is 0 Å². The van der Waals surface area contributed by atoms with Crippen LogP contribution in [0.1, 0.15) is 31.9 Å². The third-order valence-corrected chi connectivity index (χ3v) is 4.47. The summed E-state index contributed by atoms with van der Waals surface area (Å²) in [6, 6.07) is 18.4. The summed E-state index contributed by atoms with van der Waals surface area (Å²) in [6.07, 6.45) is -0.204. The molecule has 0 aromatic heterocycles. The zero-order chi connectivity index (χ0) is 19.6. The van der Waals surface area contributed by atoms with E-state index in [0.29, 0.717) is 12.3 Å². The number of ether oxygens (including phenoxy) is 1. The normalized spacial score (nSPS) is 12.9. The van der Waals surface area contributed by atoms with Crippen LogP contribution in [0.2, 0.25) is 0 Å². The lowest BCUT2D eigenvalue weighted by Gasteiger charge is -2.23. The van der Waals surface area contributed by atoms with Gasteiger partial charge in [0.25, 0.3) is 0 Å². The Morgan fingerprint density at radius 1 is 0.852 bits per heavy atom. The molecular weight excluding hydrogens is 340 g/mol. The highest BCUT2D eigenvalue weighted by Gasteiger charge is 2.24. The molecule has 0 saturated heterocycles. The van der Waals surface area contributed by atoms with Crippen molar-refractivity contribution in [2.45, 2.75) is 45.9 Å². The van der Waals surface area contributed by atoms with E-state index in [-0.39, 0.29) is 18.6 Å². The lowest BCUT2D eigenvalue weighted by molar-refractivity contribution is -0.124. The van der Waals surface area contributed by atoms with E-state index in [2.05, 4.69) is 10.6 Å². The minimum absolute atomic E-state index is 0.0120. The van der Waals surface area contributed by atoms with Crippen molar-refractivity contribution in [1.29, 1.82) is 0 Å². The monoisotopic (exact) mass is 368 g/mol. The van der Waals surface area contributed by atoms with Gasteiger partial charge in [-0.05, 0) is 24.0 Å². The van der Waals surface area contributed by atoms with Crippen LogP contribution in [0.25, 0.3) is 0 Å². The number of benzene rings is 2. The smallest absolute Gasteiger partial charge is 0.408 e. The first-order valence-corrected chi connectivity index (χ1v) is 9.27. The zero-order valence-electron chi connectivity index (χ0n) is 16.1. The first-order valence-electron chi connectivity index (χ1n) is 9.27. The SMILES string of the molecule is CC(C)C(C)NC(=O)[C@H](Cc1ccccc1)NC(=O)OCc1ccccc1. The van der Waals surface area contributed by atoms with Crippen molar-refractivity contribution in [3.63, 3.8) is 0 Å². The van der Waals surface area contributed by atoms with Crippen LogP contribution < -0.4 is 10.6 Å². The minimum atomic E-state index is -0.697. The number of amides is 2. The van der Waals surface area contributed by atoms with Gasteiger partial charge in [-0.15, -0.1) is 0 Å². The summed E-state index contributed by atoms with van der Waals surface area (Å²) in [5.74, 6) is 0.0908. The van der Waals surface area contributed by atoms with Crippen molar-refractivity contribution in [2.75, 3.05) is 0 Å². The molecule has 0 aliphatic carbocycles. The molecule has 0 heterocycles. The highest BCUT2D eigenvalue weighted by molar-refractivity contribution is 5.86. The Kier molecular flexibility index (Phi) is 7.86. The number of nitrogens with one attached hydrogen (secondary N) is 2. The largest absolute Gasteiger partial charge is 0.445 e. The second-order valence-corrected chi connectivity index (χ2v) is 6.99. The average molecular weight is 368 g/mol. The fourth-order valence-corrected chi connectivity index (χ4v) is 2.46. The van der Waals surface area contributed by atoms with Gasteiger partial charge >= 0.3 is 6.09 Å². The molecule has 1 unspecified atom stereocenters. The Bertz CT molecular complexity index is 717. The van der Waals surface area contributed by atoms with Gasteiger partial charge in [-0.2, -0.15) is 0 Å². The van der Waals surface area contributed by atoms with Crippen LogP contribution in [0.5, 0.6) is 0 Å². The summed E-state index contributed by atoms with van der Waals surface area (Å²) in [6.45, 7) is 6.20. The molecule has 0 saturated carbocycles. The quantitative estimate of drug-likeness (QED) is 0.747. The third-order valence-electron chi connectivity index (χ3n) is 4.47. The van der Waals surface area contributed by atoms with Crippen molar-refractivity contribution in [2.24, 2.45) is 5.92 Å². The number of carbonyl (C=O) groups is 2. The molecular formula is C22H28N2O3. The molecule has 27 heavy (non-hydrogen) atoms. The van der Waals surface area contributed by atoms with Crippen LogP contribution in [-0.4, -0.2) is 24.1 Å². The van der Waals surface area contributed by atoms with E-state index in [1.807, 2.05) is 81.4 Å². The molecule has 2 N–H and O–H groups in total. The van der Waals surface area contributed by atoms with Crippen LogP contribution in [0.3, 0.4) is 0 Å². The van der Waals surface area contributed by atoms with Gasteiger partial charge in [-0.25, -0.2) is 4.79 Å². The van der Waals surface area contributed by atoms with Gasteiger partial charge < -0.3 is 15.4 Å². The van der Waals surface area contributed by atoms with Gasteiger partial charge in [0, 0.05) is 12.5 Å². The van der Waals surface area contributed by atoms with Crippen molar-refractivity contribution >= 4 is 12.0 Å². The molecule has 2 atom stereocenters. The molecule has 5 heteroatoms. The first-order chi connectivity index (χ1) is 13.0. The van der Waals surface area contributed by atoms with Crippen LogP contribution in [0.15, 0.2) is 60.7 Å². The topological polar surface area (TPSA) is 67.4 Å². The predicted octanol–water partition coefficient (Wildman–Crippen LogP) is 3.68. The fraction of sp³-hybridized carbons (Fsp3) is 0.364. The summed E-state index contributed by atoms with van der Waals surface area (Å²) in [7, 11) is 0. The van der Waals surface area contributed by atoms with E-state index in [9.17, 15) is 9.59 Å². The Labute approximate surface area is 161 Å². The summed E-state index contributed by atoms with van der Waals surface area (Å²) in [5.41, 5.74) is 1.86. The maximum Gasteiger partial charge on any atom is 0.408 e. The Balaban J connectivity index is 1.99. The Morgan fingerprint density at radius 3 is 1.96 bits per heavy atom.